The summed E-state index contributed by atoms with van der Waals surface area (Å²) < 4.78 is 0. The summed E-state index contributed by atoms with van der Waals surface area (Å²) in [5.74, 6) is 10.7. The Hall–Kier alpha value is -1.07. The molecule has 0 aliphatic heterocycles. The van der Waals surface area contributed by atoms with Gasteiger partial charge >= 0.3 is 0 Å². The van der Waals surface area contributed by atoms with E-state index in [0.717, 1.165) is 42.9 Å². The first-order chi connectivity index (χ1) is 13.3. The average Bonchev–Trinajstić information content (AvgIpc) is 2.92. The number of hydrogen-bond donors (Lipinski definition) is 3. The number of hydrogen-bond acceptors (Lipinski definition) is 5. The Balaban J connectivity index is 1.52. The van der Waals surface area contributed by atoms with Gasteiger partial charge in [0.05, 0.1) is 12.6 Å². The average molecular weight is 390 g/mol. The van der Waals surface area contributed by atoms with Gasteiger partial charge in [0.2, 0.25) is 0 Å². The minimum atomic E-state index is -0.0687. The monoisotopic (exact) mass is 389 g/mol. The van der Waals surface area contributed by atoms with Crippen LogP contribution in [0.25, 0.3) is 0 Å². The second kappa shape index (κ2) is 7.64. The SMILES string of the molecule is CC1CC(C(=O)CN(N)/C=C\N)C2(C)CCC3C4CCC(O)CC4CCC3C12. The Labute approximate surface area is 169 Å². The lowest BCUT2D eigenvalue weighted by Crippen LogP contribution is -2.51. The van der Waals surface area contributed by atoms with Crippen molar-refractivity contribution in [2.45, 2.75) is 71.3 Å². The maximum Gasteiger partial charge on any atom is 0.157 e. The van der Waals surface area contributed by atoms with Gasteiger partial charge in [0.15, 0.2) is 5.78 Å². The molecule has 0 aromatic rings. The predicted molar refractivity (Wildman–Crippen MR) is 110 cm³/mol. The van der Waals surface area contributed by atoms with Crippen molar-refractivity contribution in [1.82, 2.24) is 5.01 Å². The van der Waals surface area contributed by atoms with E-state index in [1.807, 2.05) is 0 Å². The highest BCUT2D eigenvalue weighted by Crippen LogP contribution is 2.65. The fourth-order valence-electron chi connectivity index (χ4n) is 8.32. The topological polar surface area (TPSA) is 92.6 Å². The molecule has 4 fully saturated rings. The third-order valence-corrected chi connectivity index (χ3v) is 9.24. The number of nitrogens with two attached hydrogens (primary N) is 2. The van der Waals surface area contributed by atoms with Crippen molar-refractivity contribution in [2.75, 3.05) is 6.54 Å². The van der Waals surface area contributed by atoms with E-state index in [-0.39, 0.29) is 29.8 Å². The number of carbonyl (C=O) groups excluding carboxylic acids is 1. The molecule has 0 aromatic carbocycles. The molecule has 4 aliphatic carbocycles. The van der Waals surface area contributed by atoms with E-state index in [9.17, 15) is 9.90 Å². The zero-order valence-electron chi connectivity index (χ0n) is 17.6. The van der Waals surface area contributed by atoms with Gasteiger partial charge in [0.1, 0.15) is 0 Å². The van der Waals surface area contributed by atoms with E-state index in [2.05, 4.69) is 13.8 Å². The molecule has 0 radical (unpaired) electrons. The second-order valence-corrected chi connectivity index (χ2v) is 10.6. The first kappa shape index (κ1) is 20.2. The van der Waals surface area contributed by atoms with Crippen LogP contribution < -0.4 is 11.6 Å². The van der Waals surface area contributed by atoms with Gasteiger partial charge in [-0.25, -0.2) is 5.84 Å². The highest BCUT2D eigenvalue weighted by atomic mass is 16.3. The summed E-state index contributed by atoms with van der Waals surface area (Å²) in [6, 6.07) is 0. The molecular formula is C23H39N3O2. The Kier molecular flexibility index (Phi) is 5.51. The van der Waals surface area contributed by atoms with Crippen LogP contribution in [0.2, 0.25) is 0 Å². The smallest absolute Gasteiger partial charge is 0.157 e. The quantitative estimate of drug-likeness (QED) is 0.508. The number of Topliss-reactive ketones (excluding diaryl/α,β-unsaturated/α-hetero) is 1. The molecular weight excluding hydrogens is 350 g/mol. The molecule has 0 spiro atoms. The summed E-state index contributed by atoms with van der Waals surface area (Å²) in [7, 11) is 0. The van der Waals surface area contributed by atoms with E-state index < -0.39 is 0 Å². The van der Waals surface area contributed by atoms with Crippen LogP contribution in [-0.2, 0) is 4.79 Å². The molecule has 5 N–H and O–H groups in total. The molecule has 0 amide bonds. The lowest BCUT2D eigenvalue weighted by atomic mass is 9.48. The Morgan fingerprint density at radius 3 is 2.64 bits per heavy atom. The van der Waals surface area contributed by atoms with Crippen LogP contribution in [0.3, 0.4) is 0 Å². The number of ketones is 1. The van der Waals surface area contributed by atoms with Gasteiger partial charge in [-0.1, -0.05) is 13.8 Å². The van der Waals surface area contributed by atoms with Gasteiger partial charge in [-0.05, 0) is 92.3 Å². The number of carbonyl (C=O) groups is 1. The van der Waals surface area contributed by atoms with Crippen molar-refractivity contribution >= 4 is 5.78 Å². The zero-order valence-corrected chi connectivity index (χ0v) is 17.6. The fraction of sp³-hybridized carbons (Fsp3) is 0.870. The first-order valence-corrected chi connectivity index (χ1v) is 11.5. The maximum absolute atomic E-state index is 13.1. The molecule has 9 atom stereocenters. The molecule has 5 heteroatoms. The van der Waals surface area contributed by atoms with Crippen molar-refractivity contribution in [3.8, 4) is 0 Å². The normalized spacial score (nSPS) is 48.0. The van der Waals surface area contributed by atoms with Crippen LogP contribution >= 0.6 is 0 Å². The molecule has 5 nitrogen and oxygen atoms in total. The highest BCUT2D eigenvalue weighted by molar-refractivity contribution is 5.84. The van der Waals surface area contributed by atoms with Crippen molar-refractivity contribution < 1.29 is 9.90 Å². The summed E-state index contributed by atoms with van der Waals surface area (Å²) >= 11 is 0. The van der Waals surface area contributed by atoms with Crippen LogP contribution in [0.4, 0.5) is 0 Å². The van der Waals surface area contributed by atoms with Crippen LogP contribution in [0, 0.1) is 46.8 Å². The Morgan fingerprint density at radius 2 is 1.89 bits per heavy atom. The second-order valence-electron chi connectivity index (χ2n) is 10.6. The van der Waals surface area contributed by atoms with Crippen molar-refractivity contribution in [3.63, 3.8) is 0 Å². The third kappa shape index (κ3) is 3.28. The van der Waals surface area contributed by atoms with Crippen molar-refractivity contribution in [2.24, 2.45) is 58.4 Å². The molecule has 28 heavy (non-hydrogen) atoms. The summed E-state index contributed by atoms with van der Waals surface area (Å²) in [5, 5.41) is 11.5. The molecule has 0 aromatic heterocycles. The lowest BCUT2D eigenvalue weighted by molar-refractivity contribution is -0.132. The molecule has 0 saturated heterocycles. The molecule has 4 rings (SSSR count). The van der Waals surface area contributed by atoms with Crippen LogP contribution in [-0.4, -0.2) is 28.5 Å². The predicted octanol–water partition coefficient (Wildman–Crippen LogP) is 3.04. The number of rotatable bonds is 4. The van der Waals surface area contributed by atoms with Crippen molar-refractivity contribution in [3.05, 3.63) is 12.4 Å². The minimum Gasteiger partial charge on any atom is -0.403 e. The van der Waals surface area contributed by atoms with E-state index >= 15 is 0 Å². The Bertz CT molecular complexity index is 623. The maximum atomic E-state index is 13.1. The number of fused-ring (bicyclic) bond motifs is 5. The van der Waals surface area contributed by atoms with Gasteiger partial charge < -0.3 is 15.8 Å². The summed E-state index contributed by atoms with van der Waals surface area (Å²) in [5.41, 5.74) is 5.54. The van der Waals surface area contributed by atoms with Gasteiger partial charge in [0, 0.05) is 18.3 Å². The van der Waals surface area contributed by atoms with Gasteiger partial charge in [0.25, 0.3) is 0 Å². The van der Waals surface area contributed by atoms with Gasteiger partial charge in [-0.2, -0.15) is 0 Å². The number of nitrogens with zero attached hydrogens (tertiary/aromatic N) is 1. The molecule has 4 saturated carbocycles. The zero-order chi connectivity index (χ0) is 20.1. The van der Waals surface area contributed by atoms with E-state index in [4.69, 9.17) is 11.6 Å². The number of hydrazine groups is 1. The number of aliphatic hydroxyl groups excluding tert-OH is 1. The molecule has 4 aliphatic rings. The lowest BCUT2D eigenvalue weighted by Gasteiger charge is -2.56. The fourth-order valence-corrected chi connectivity index (χ4v) is 8.32. The van der Waals surface area contributed by atoms with Gasteiger partial charge in [-0.3, -0.25) is 4.79 Å². The summed E-state index contributed by atoms with van der Waals surface area (Å²) in [6.07, 6.45) is 12.1. The minimum absolute atomic E-state index is 0.0687. The molecule has 0 heterocycles. The highest BCUT2D eigenvalue weighted by Gasteiger charge is 2.60. The molecule has 9 unspecified atom stereocenters. The van der Waals surface area contributed by atoms with E-state index in [0.29, 0.717) is 11.8 Å². The van der Waals surface area contributed by atoms with Crippen LogP contribution in [0.1, 0.15) is 65.2 Å². The Morgan fingerprint density at radius 1 is 1.14 bits per heavy atom. The molecule has 158 valence electrons. The first-order valence-electron chi connectivity index (χ1n) is 11.5. The van der Waals surface area contributed by atoms with Crippen molar-refractivity contribution in [1.29, 1.82) is 0 Å². The summed E-state index contributed by atoms with van der Waals surface area (Å²) in [4.78, 5) is 13.1. The third-order valence-electron chi connectivity index (χ3n) is 9.24. The standard InChI is InChI=1S/C23H39N3O2/c1-14-11-20(21(28)13-26(25)10-9-24)23(2)8-7-18-17-6-4-16(27)12-15(17)3-5-19(18)22(14)23/h9-10,14-20,22,27H,3-8,11-13,24-25H2,1-2H3/b10-9-. The van der Waals surface area contributed by atoms with Crippen LogP contribution in [0.5, 0.6) is 0 Å². The van der Waals surface area contributed by atoms with Gasteiger partial charge in [-0.15, -0.1) is 0 Å². The largest absolute Gasteiger partial charge is 0.403 e. The van der Waals surface area contributed by atoms with Crippen LogP contribution in [0.15, 0.2) is 12.4 Å². The summed E-state index contributed by atoms with van der Waals surface area (Å²) in [6.45, 7) is 5.04. The van der Waals surface area contributed by atoms with E-state index in [1.165, 1.54) is 43.3 Å². The van der Waals surface area contributed by atoms with E-state index in [1.54, 1.807) is 6.20 Å². The number of aliphatic hydroxyl groups is 1. The molecule has 0 bridgehead atoms.